The molecule has 0 bridgehead atoms. The van der Waals surface area contributed by atoms with E-state index in [9.17, 15) is 10.2 Å². The van der Waals surface area contributed by atoms with E-state index in [0.717, 1.165) is 10.1 Å². The number of thiophene rings is 1. The largest absolute Gasteiger partial charge is 0.504 e. The molecule has 0 spiro atoms. The molecule has 0 saturated carbocycles. The Morgan fingerprint density at radius 2 is 2.29 bits per heavy atom. The van der Waals surface area contributed by atoms with Crippen molar-refractivity contribution in [1.82, 2.24) is 0 Å². The molecule has 0 atom stereocenters. The van der Waals surface area contributed by atoms with Crippen molar-refractivity contribution in [3.63, 3.8) is 0 Å². The molecule has 0 aliphatic heterocycles. The van der Waals surface area contributed by atoms with Crippen molar-refractivity contribution < 1.29 is 14.9 Å². The molecule has 4 heteroatoms. The fourth-order valence-corrected chi connectivity index (χ4v) is 2.43. The van der Waals surface area contributed by atoms with Gasteiger partial charge >= 0.3 is 0 Å². The summed E-state index contributed by atoms with van der Waals surface area (Å²) >= 11 is 1.53. The summed E-state index contributed by atoms with van der Waals surface area (Å²) in [5, 5.41) is 21.7. The molecule has 0 fully saturated rings. The highest BCUT2D eigenvalue weighted by Crippen LogP contribution is 2.38. The Kier molecular flexibility index (Phi) is 2.31. The van der Waals surface area contributed by atoms with Crippen LogP contribution in [0.2, 0.25) is 0 Å². The number of aromatic hydroxyl groups is 1. The number of hydrogen-bond donors (Lipinski definition) is 2. The first-order valence-corrected chi connectivity index (χ1v) is 5.02. The second-order valence-electron chi connectivity index (χ2n) is 2.90. The van der Waals surface area contributed by atoms with Gasteiger partial charge in [-0.25, -0.2) is 0 Å². The van der Waals surface area contributed by atoms with Crippen molar-refractivity contribution in [3.05, 3.63) is 23.1 Å². The Labute approximate surface area is 85.2 Å². The summed E-state index contributed by atoms with van der Waals surface area (Å²) in [6.45, 7) is -0.130. The van der Waals surface area contributed by atoms with E-state index in [2.05, 4.69) is 0 Å². The van der Waals surface area contributed by atoms with Crippen LogP contribution in [0.3, 0.4) is 0 Å². The zero-order chi connectivity index (χ0) is 10.1. The number of aliphatic hydroxyl groups is 1. The number of benzene rings is 1. The molecule has 1 aromatic carbocycles. The van der Waals surface area contributed by atoms with Crippen LogP contribution in [0.15, 0.2) is 17.5 Å². The van der Waals surface area contributed by atoms with E-state index in [1.54, 1.807) is 6.07 Å². The summed E-state index contributed by atoms with van der Waals surface area (Å²) in [4.78, 5) is 0. The third kappa shape index (κ3) is 1.23. The zero-order valence-electron chi connectivity index (χ0n) is 7.65. The Bertz CT molecular complexity index is 462. The van der Waals surface area contributed by atoms with Crippen molar-refractivity contribution in [2.75, 3.05) is 7.11 Å². The van der Waals surface area contributed by atoms with E-state index in [-0.39, 0.29) is 12.4 Å². The van der Waals surface area contributed by atoms with Crippen LogP contribution >= 0.6 is 11.3 Å². The number of phenols is 1. The van der Waals surface area contributed by atoms with Crippen molar-refractivity contribution in [2.45, 2.75) is 6.61 Å². The van der Waals surface area contributed by atoms with Gasteiger partial charge in [-0.15, -0.1) is 11.3 Å². The van der Waals surface area contributed by atoms with E-state index < -0.39 is 0 Å². The Morgan fingerprint density at radius 1 is 1.50 bits per heavy atom. The van der Waals surface area contributed by atoms with E-state index in [1.807, 2.05) is 11.4 Å². The van der Waals surface area contributed by atoms with Crippen molar-refractivity contribution in [2.24, 2.45) is 0 Å². The Hall–Kier alpha value is -1.26. The molecule has 14 heavy (non-hydrogen) atoms. The molecular weight excluding hydrogens is 200 g/mol. The van der Waals surface area contributed by atoms with Gasteiger partial charge in [0.05, 0.1) is 13.7 Å². The molecule has 0 saturated heterocycles. The standard InChI is InChI=1S/C10H10O3S/c1-13-9-7(5-11)10-6(2-3-14-10)4-8(9)12/h2-4,11-12H,5H2,1H3. The lowest BCUT2D eigenvalue weighted by Gasteiger charge is -2.09. The minimum Gasteiger partial charge on any atom is -0.504 e. The first-order chi connectivity index (χ1) is 6.77. The quantitative estimate of drug-likeness (QED) is 0.798. The molecular formula is C10H10O3S. The van der Waals surface area contributed by atoms with Crippen LogP contribution < -0.4 is 4.74 Å². The van der Waals surface area contributed by atoms with Gasteiger partial charge in [-0.2, -0.15) is 0 Å². The van der Waals surface area contributed by atoms with Crippen LogP contribution in [0.1, 0.15) is 5.56 Å². The highest BCUT2D eigenvalue weighted by atomic mass is 32.1. The number of hydrogen-bond acceptors (Lipinski definition) is 4. The van der Waals surface area contributed by atoms with Gasteiger partial charge in [0, 0.05) is 10.3 Å². The second kappa shape index (κ2) is 3.48. The van der Waals surface area contributed by atoms with Gasteiger partial charge in [0.1, 0.15) is 0 Å². The highest BCUT2D eigenvalue weighted by Gasteiger charge is 2.13. The van der Waals surface area contributed by atoms with Crippen molar-refractivity contribution in [1.29, 1.82) is 0 Å². The smallest absolute Gasteiger partial charge is 0.167 e. The predicted octanol–water partition coefficient (Wildman–Crippen LogP) is 2.11. The van der Waals surface area contributed by atoms with E-state index >= 15 is 0 Å². The van der Waals surface area contributed by atoms with Gasteiger partial charge in [0.2, 0.25) is 0 Å². The van der Waals surface area contributed by atoms with Crippen LogP contribution in [0.25, 0.3) is 10.1 Å². The molecule has 0 aliphatic carbocycles. The Morgan fingerprint density at radius 3 is 2.93 bits per heavy atom. The molecule has 2 N–H and O–H groups in total. The molecule has 2 rings (SSSR count). The molecule has 0 radical (unpaired) electrons. The lowest BCUT2D eigenvalue weighted by molar-refractivity contribution is 0.273. The van der Waals surface area contributed by atoms with Crippen molar-refractivity contribution >= 4 is 21.4 Å². The van der Waals surface area contributed by atoms with Crippen LogP contribution in [-0.2, 0) is 6.61 Å². The fourth-order valence-electron chi connectivity index (χ4n) is 1.52. The summed E-state index contributed by atoms with van der Waals surface area (Å²) < 4.78 is 6.00. The van der Waals surface area contributed by atoms with Gasteiger partial charge in [-0.1, -0.05) is 0 Å². The van der Waals surface area contributed by atoms with Crippen LogP contribution in [-0.4, -0.2) is 17.3 Å². The van der Waals surface area contributed by atoms with E-state index in [4.69, 9.17) is 4.74 Å². The molecule has 1 heterocycles. The number of aliphatic hydroxyl groups excluding tert-OH is 1. The fraction of sp³-hybridized carbons (Fsp3) is 0.200. The molecule has 2 aromatic rings. The third-order valence-electron chi connectivity index (χ3n) is 2.13. The normalized spacial score (nSPS) is 10.7. The summed E-state index contributed by atoms with van der Waals surface area (Å²) in [5.41, 5.74) is 0.650. The third-order valence-corrected chi connectivity index (χ3v) is 3.12. The van der Waals surface area contributed by atoms with E-state index in [0.29, 0.717) is 11.3 Å². The number of rotatable bonds is 2. The van der Waals surface area contributed by atoms with Gasteiger partial charge in [-0.05, 0) is 22.9 Å². The number of ether oxygens (including phenoxy) is 1. The first kappa shape index (κ1) is 9.30. The SMILES string of the molecule is COc1c(O)cc2ccsc2c1CO. The first-order valence-electron chi connectivity index (χ1n) is 4.14. The maximum absolute atomic E-state index is 9.61. The summed E-state index contributed by atoms with van der Waals surface area (Å²) in [5.74, 6) is 0.435. The number of phenolic OH excluding ortho intramolecular Hbond substituents is 1. The molecule has 0 aliphatic rings. The predicted molar refractivity (Wildman–Crippen MR) is 56.0 cm³/mol. The van der Waals surface area contributed by atoms with Gasteiger partial charge in [-0.3, -0.25) is 0 Å². The van der Waals surface area contributed by atoms with Gasteiger partial charge in [0.25, 0.3) is 0 Å². The monoisotopic (exact) mass is 210 g/mol. The molecule has 1 aromatic heterocycles. The topological polar surface area (TPSA) is 49.7 Å². The van der Waals surface area contributed by atoms with Crippen LogP contribution in [0.4, 0.5) is 0 Å². The minimum absolute atomic E-state index is 0.0717. The lowest BCUT2D eigenvalue weighted by atomic mass is 10.1. The van der Waals surface area contributed by atoms with Crippen LogP contribution in [0.5, 0.6) is 11.5 Å². The highest BCUT2D eigenvalue weighted by molar-refractivity contribution is 7.17. The van der Waals surface area contributed by atoms with Gasteiger partial charge < -0.3 is 14.9 Å². The molecule has 3 nitrogen and oxygen atoms in total. The maximum Gasteiger partial charge on any atom is 0.167 e. The van der Waals surface area contributed by atoms with Gasteiger partial charge in [0.15, 0.2) is 11.5 Å². The lowest BCUT2D eigenvalue weighted by Crippen LogP contribution is -1.92. The number of fused-ring (bicyclic) bond motifs is 1. The average molecular weight is 210 g/mol. The Balaban J connectivity index is 2.82. The zero-order valence-corrected chi connectivity index (χ0v) is 8.47. The average Bonchev–Trinajstić information content (AvgIpc) is 2.62. The summed E-state index contributed by atoms with van der Waals surface area (Å²) in [6, 6.07) is 3.54. The maximum atomic E-state index is 9.61. The molecule has 0 amide bonds. The van der Waals surface area contributed by atoms with Crippen molar-refractivity contribution in [3.8, 4) is 11.5 Å². The molecule has 74 valence electrons. The summed E-state index contributed by atoms with van der Waals surface area (Å²) in [7, 11) is 1.48. The van der Waals surface area contributed by atoms with Crippen LogP contribution in [0, 0.1) is 0 Å². The minimum atomic E-state index is -0.130. The second-order valence-corrected chi connectivity index (χ2v) is 3.82. The number of methoxy groups -OCH3 is 1. The van der Waals surface area contributed by atoms with E-state index in [1.165, 1.54) is 18.4 Å². The summed E-state index contributed by atoms with van der Waals surface area (Å²) in [6.07, 6.45) is 0. The molecule has 0 unspecified atom stereocenters.